The van der Waals surface area contributed by atoms with Gasteiger partial charge in [-0.05, 0) is 13.0 Å². The minimum absolute atomic E-state index is 0.176. The van der Waals surface area contributed by atoms with E-state index in [0.29, 0.717) is 0 Å². The Kier molecular flexibility index (Phi) is 6.02. The average Bonchev–Trinajstić information content (AvgIpc) is 2.22. The van der Waals surface area contributed by atoms with Gasteiger partial charge in [-0.3, -0.25) is 4.79 Å². The van der Waals surface area contributed by atoms with Gasteiger partial charge in [0.15, 0.2) is 0 Å². The molecule has 0 saturated carbocycles. The molecule has 0 spiro atoms. The maximum atomic E-state index is 13.6. The number of hydrogen-bond donors (Lipinski definition) is 1. The summed E-state index contributed by atoms with van der Waals surface area (Å²) >= 11 is 0. The molecule has 1 N–H and O–H groups in total. The van der Waals surface area contributed by atoms with Gasteiger partial charge >= 0.3 is 11.9 Å². The van der Waals surface area contributed by atoms with Gasteiger partial charge in [-0.2, -0.15) is 4.39 Å². The summed E-state index contributed by atoms with van der Waals surface area (Å²) in [5.74, 6) is -3.92. The minimum Gasteiger partial charge on any atom is -0.478 e. The second-order valence-electron chi connectivity index (χ2n) is 3.91. The molecule has 4 nitrogen and oxygen atoms in total. The summed E-state index contributed by atoms with van der Waals surface area (Å²) in [6.07, 6.45) is 6.16. The number of carboxylic acid groups (broad SMARTS) is 1. The Morgan fingerprint density at radius 3 is 2.22 bits per heavy atom. The molecule has 1 aliphatic rings. The van der Waals surface area contributed by atoms with Crippen LogP contribution in [0.2, 0.25) is 0 Å². The van der Waals surface area contributed by atoms with Crippen LogP contribution in [-0.4, -0.2) is 22.9 Å². The quantitative estimate of drug-likeness (QED) is 0.609. The number of aliphatic carboxylic acids is 1. The standard InChI is InChI=1S/C9H11FO2.C4H6O2/c1-7-5-3-4-6-9(7,10)12-8(2)11;1-3(2)4(5)6/h3-7H,1-2H3;1H2,2H3,(H,5,6). The van der Waals surface area contributed by atoms with Gasteiger partial charge in [-0.1, -0.05) is 31.7 Å². The lowest BCUT2D eigenvalue weighted by Gasteiger charge is -2.27. The third-order valence-corrected chi connectivity index (χ3v) is 2.12. The molecule has 1 rings (SSSR count). The molecule has 1 aliphatic carbocycles. The molecule has 0 saturated heterocycles. The van der Waals surface area contributed by atoms with Gasteiger partial charge in [-0.15, -0.1) is 0 Å². The maximum absolute atomic E-state index is 13.6. The van der Waals surface area contributed by atoms with Crippen LogP contribution < -0.4 is 0 Å². The van der Waals surface area contributed by atoms with Crippen molar-refractivity contribution in [2.45, 2.75) is 26.6 Å². The van der Waals surface area contributed by atoms with Crippen LogP contribution in [0.3, 0.4) is 0 Å². The van der Waals surface area contributed by atoms with E-state index in [0.717, 1.165) is 0 Å². The normalized spacial score (nSPS) is 24.8. The fourth-order valence-corrected chi connectivity index (χ4v) is 1.05. The summed E-state index contributed by atoms with van der Waals surface area (Å²) in [7, 11) is 0. The molecular formula is C13H17FO4. The predicted octanol–water partition coefficient (Wildman–Crippen LogP) is 2.62. The third kappa shape index (κ3) is 5.43. The average molecular weight is 256 g/mol. The minimum atomic E-state index is -1.96. The first kappa shape index (κ1) is 16.1. The molecule has 0 aromatic heterocycles. The fraction of sp³-hybridized carbons (Fsp3) is 0.385. The van der Waals surface area contributed by atoms with Crippen LogP contribution in [-0.2, 0) is 14.3 Å². The highest BCUT2D eigenvalue weighted by molar-refractivity contribution is 5.84. The van der Waals surface area contributed by atoms with Crippen LogP contribution in [0.25, 0.3) is 0 Å². The summed E-state index contributed by atoms with van der Waals surface area (Å²) in [6.45, 7) is 7.45. The maximum Gasteiger partial charge on any atom is 0.330 e. The molecule has 0 aromatic rings. The van der Waals surface area contributed by atoms with E-state index in [1.54, 1.807) is 19.1 Å². The highest BCUT2D eigenvalue weighted by atomic mass is 19.2. The number of halogens is 1. The monoisotopic (exact) mass is 256 g/mol. The molecule has 2 unspecified atom stereocenters. The summed E-state index contributed by atoms with van der Waals surface area (Å²) in [5, 5.41) is 7.89. The van der Waals surface area contributed by atoms with Gasteiger partial charge in [0.1, 0.15) is 0 Å². The number of carbonyl (C=O) groups is 2. The first-order valence-electron chi connectivity index (χ1n) is 5.32. The van der Waals surface area contributed by atoms with Crippen LogP contribution in [0.5, 0.6) is 0 Å². The largest absolute Gasteiger partial charge is 0.478 e. The highest BCUT2D eigenvalue weighted by Crippen LogP contribution is 2.29. The highest BCUT2D eigenvalue weighted by Gasteiger charge is 2.36. The van der Waals surface area contributed by atoms with Gasteiger partial charge in [0.25, 0.3) is 5.85 Å². The van der Waals surface area contributed by atoms with Gasteiger partial charge in [0.2, 0.25) is 0 Å². The zero-order valence-corrected chi connectivity index (χ0v) is 10.6. The molecule has 5 heteroatoms. The SMILES string of the molecule is C=C(C)C(=O)O.CC(=O)OC1(F)C=CC=CC1C. The van der Waals surface area contributed by atoms with Crippen molar-refractivity contribution in [1.82, 2.24) is 0 Å². The summed E-state index contributed by atoms with van der Waals surface area (Å²) in [4.78, 5) is 20.1. The van der Waals surface area contributed by atoms with Crippen LogP contribution in [0.4, 0.5) is 4.39 Å². The Morgan fingerprint density at radius 1 is 1.39 bits per heavy atom. The van der Waals surface area contributed by atoms with Crippen molar-refractivity contribution in [1.29, 1.82) is 0 Å². The van der Waals surface area contributed by atoms with E-state index < -0.39 is 23.7 Å². The van der Waals surface area contributed by atoms with Gasteiger partial charge in [0.05, 0.1) is 0 Å². The smallest absolute Gasteiger partial charge is 0.330 e. The Bertz CT molecular complexity index is 386. The molecule has 0 aromatic carbocycles. The van der Waals surface area contributed by atoms with Crippen LogP contribution in [0.1, 0.15) is 20.8 Å². The molecule has 0 heterocycles. The van der Waals surface area contributed by atoms with Gasteiger partial charge < -0.3 is 9.84 Å². The number of hydrogen-bond acceptors (Lipinski definition) is 3. The van der Waals surface area contributed by atoms with E-state index >= 15 is 0 Å². The molecule has 0 radical (unpaired) electrons. The van der Waals surface area contributed by atoms with E-state index in [9.17, 15) is 14.0 Å². The fourth-order valence-electron chi connectivity index (χ4n) is 1.05. The van der Waals surface area contributed by atoms with Crippen molar-refractivity contribution in [3.63, 3.8) is 0 Å². The number of carbonyl (C=O) groups excluding carboxylic acids is 1. The van der Waals surface area contributed by atoms with Crippen LogP contribution >= 0.6 is 0 Å². The van der Waals surface area contributed by atoms with E-state index in [1.165, 1.54) is 26.0 Å². The number of esters is 1. The lowest BCUT2D eigenvalue weighted by molar-refractivity contribution is -0.175. The second kappa shape index (κ2) is 6.74. The molecule has 0 bridgehead atoms. The number of carboxylic acids is 1. The summed E-state index contributed by atoms with van der Waals surface area (Å²) in [6, 6.07) is 0. The van der Waals surface area contributed by atoms with Crippen molar-refractivity contribution >= 4 is 11.9 Å². The third-order valence-electron chi connectivity index (χ3n) is 2.12. The topological polar surface area (TPSA) is 63.6 Å². The van der Waals surface area contributed by atoms with Crippen LogP contribution in [0.15, 0.2) is 36.5 Å². The zero-order chi connectivity index (χ0) is 14.3. The van der Waals surface area contributed by atoms with Crippen LogP contribution in [0, 0.1) is 5.92 Å². The lowest BCUT2D eigenvalue weighted by atomic mass is 9.97. The van der Waals surface area contributed by atoms with Crippen molar-refractivity contribution in [2.24, 2.45) is 5.92 Å². The first-order chi connectivity index (χ1) is 8.19. The first-order valence-corrected chi connectivity index (χ1v) is 5.32. The molecule has 0 fully saturated rings. The summed E-state index contributed by atoms with van der Waals surface area (Å²) < 4.78 is 18.2. The van der Waals surface area contributed by atoms with E-state index in [4.69, 9.17) is 5.11 Å². The second-order valence-corrected chi connectivity index (χ2v) is 3.91. The zero-order valence-electron chi connectivity index (χ0n) is 10.6. The van der Waals surface area contributed by atoms with Crippen molar-refractivity contribution < 1.29 is 23.8 Å². The molecule has 0 aliphatic heterocycles. The Balaban J connectivity index is 0.000000411. The Morgan fingerprint density at radius 2 is 1.89 bits per heavy atom. The summed E-state index contributed by atoms with van der Waals surface area (Å²) in [5.41, 5.74) is 0.176. The molecule has 2 atom stereocenters. The van der Waals surface area contributed by atoms with E-state index in [-0.39, 0.29) is 5.57 Å². The Hall–Kier alpha value is -1.91. The van der Waals surface area contributed by atoms with Gasteiger partial charge in [-0.25, -0.2) is 4.79 Å². The van der Waals surface area contributed by atoms with E-state index in [2.05, 4.69) is 11.3 Å². The van der Waals surface area contributed by atoms with Gasteiger partial charge in [0, 0.05) is 18.4 Å². The Labute approximate surface area is 105 Å². The number of alkyl halides is 1. The molecule has 18 heavy (non-hydrogen) atoms. The number of allylic oxidation sites excluding steroid dienone is 2. The van der Waals surface area contributed by atoms with Crippen molar-refractivity contribution in [2.75, 3.05) is 0 Å². The molecule has 0 amide bonds. The number of ether oxygens (including phenoxy) is 1. The van der Waals surface area contributed by atoms with E-state index in [1.807, 2.05) is 0 Å². The molecular weight excluding hydrogens is 239 g/mol. The number of rotatable bonds is 2. The lowest BCUT2D eigenvalue weighted by Crippen LogP contribution is -2.34. The molecule has 100 valence electrons. The van der Waals surface area contributed by atoms with Crippen molar-refractivity contribution in [3.05, 3.63) is 36.5 Å². The van der Waals surface area contributed by atoms with Crippen molar-refractivity contribution in [3.8, 4) is 0 Å². The predicted molar refractivity (Wildman–Crippen MR) is 65.5 cm³/mol.